The highest BCUT2D eigenvalue weighted by molar-refractivity contribution is 6.31. The largest absolute Gasteiger partial charge is 0.325 e. The minimum Gasteiger partial charge on any atom is -0.325 e. The number of hydrogen-bond acceptors (Lipinski definition) is 3. The van der Waals surface area contributed by atoms with Crippen LogP contribution < -0.4 is 10.6 Å². The lowest BCUT2D eigenvalue weighted by atomic mass is 10.2. The monoisotopic (exact) mass is 313 g/mol. The van der Waals surface area contributed by atoms with Crippen LogP contribution in [-0.4, -0.2) is 12.5 Å². The molecule has 0 atom stereocenters. The lowest BCUT2D eigenvalue weighted by Gasteiger charge is -2.08. The second-order valence-corrected chi connectivity index (χ2v) is 5.13. The van der Waals surface area contributed by atoms with E-state index in [1.807, 2.05) is 24.3 Å². The van der Waals surface area contributed by atoms with Crippen molar-refractivity contribution in [2.45, 2.75) is 13.0 Å². The highest BCUT2D eigenvalue weighted by Gasteiger charge is 2.06. The lowest BCUT2D eigenvalue weighted by Crippen LogP contribution is -2.21. The fourth-order valence-corrected chi connectivity index (χ4v) is 2.17. The number of para-hydroxylation sites is 1. The summed E-state index contributed by atoms with van der Waals surface area (Å²) >= 11 is 6.06. The molecular weight excluding hydrogens is 298 g/mol. The Morgan fingerprint density at radius 1 is 1.14 bits per heavy atom. The van der Waals surface area contributed by atoms with Gasteiger partial charge in [0, 0.05) is 24.5 Å². The molecule has 2 aromatic carbocycles. The smallest absolute Gasteiger partial charge is 0.225 e. The molecule has 2 rings (SSSR count). The van der Waals surface area contributed by atoms with Gasteiger partial charge in [-0.25, -0.2) is 0 Å². The number of amides is 1. The maximum Gasteiger partial charge on any atom is 0.225 e. The van der Waals surface area contributed by atoms with Gasteiger partial charge in [0.25, 0.3) is 0 Å². The minimum atomic E-state index is -0.130. The molecule has 0 aliphatic rings. The highest BCUT2D eigenvalue weighted by Crippen LogP contribution is 2.15. The van der Waals surface area contributed by atoms with E-state index in [0.29, 0.717) is 35.8 Å². The number of nitrogens with zero attached hydrogens (tertiary/aromatic N) is 1. The molecule has 22 heavy (non-hydrogen) atoms. The Balaban J connectivity index is 1.77. The first-order valence-corrected chi connectivity index (χ1v) is 7.31. The van der Waals surface area contributed by atoms with E-state index in [4.69, 9.17) is 16.9 Å². The van der Waals surface area contributed by atoms with Crippen molar-refractivity contribution in [2.24, 2.45) is 0 Å². The number of carbonyl (C=O) groups excluding carboxylic acids is 1. The average molecular weight is 314 g/mol. The van der Waals surface area contributed by atoms with Crippen LogP contribution in [0.5, 0.6) is 0 Å². The summed E-state index contributed by atoms with van der Waals surface area (Å²) in [5.74, 6) is -0.130. The topological polar surface area (TPSA) is 64.9 Å². The number of anilines is 1. The molecule has 4 nitrogen and oxygen atoms in total. The van der Waals surface area contributed by atoms with Gasteiger partial charge in [0.1, 0.15) is 6.07 Å². The van der Waals surface area contributed by atoms with Crippen LogP contribution in [0.4, 0.5) is 5.69 Å². The molecule has 0 radical (unpaired) electrons. The van der Waals surface area contributed by atoms with Gasteiger partial charge in [0.15, 0.2) is 0 Å². The molecule has 112 valence electrons. The van der Waals surface area contributed by atoms with Gasteiger partial charge in [-0.05, 0) is 23.8 Å². The van der Waals surface area contributed by atoms with Gasteiger partial charge in [-0.15, -0.1) is 0 Å². The van der Waals surface area contributed by atoms with Gasteiger partial charge in [-0.3, -0.25) is 4.79 Å². The summed E-state index contributed by atoms with van der Waals surface area (Å²) in [6.45, 7) is 1.15. The van der Waals surface area contributed by atoms with E-state index in [-0.39, 0.29) is 5.91 Å². The van der Waals surface area contributed by atoms with Crippen molar-refractivity contribution in [3.63, 3.8) is 0 Å². The third-order valence-electron chi connectivity index (χ3n) is 3.12. The van der Waals surface area contributed by atoms with E-state index in [9.17, 15) is 4.79 Å². The van der Waals surface area contributed by atoms with E-state index in [2.05, 4.69) is 16.7 Å². The standard InChI is InChI=1S/C17H16ClN3O/c18-15-7-3-1-6-14(15)12-20-10-9-17(22)21-16-8-4-2-5-13(16)11-19/h1-8,20H,9-10,12H2,(H,21,22). The molecule has 0 spiro atoms. The Kier molecular flexibility index (Phi) is 5.96. The molecule has 0 aliphatic heterocycles. The van der Waals surface area contributed by atoms with Crippen LogP contribution in [0.3, 0.4) is 0 Å². The Morgan fingerprint density at radius 3 is 2.64 bits per heavy atom. The summed E-state index contributed by atoms with van der Waals surface area (Å²) in [6.07, 6.45) is 0.324. The average Bonchev–Trinajstić information content (AvgIpc) is 2.53. The predicted octanol–water partition coefficient (Wildman–Crippen LogP) is 3.33. The fraction of sp³-hybridized carbons (Fsp3) is 0.176. The highest BCUT2D eigenvalue weighted by atomic mass is 35.5. The number of nitrogens with one attached hydrogen (secondary N) is 2. The van der Waals surface area contributed by atoms with Gasteiger partial charge >= 0.3 is 0 Å². The second-order valence-electron chi connectivity index (χ2n) is 4.72. The first-order valence-electron chi connectivity index (χ1n) is 6.94. The Labute approximate surface area is 134 Å². The van der Waals surface area contributed by atoms with E-state index < -0.39 is 0 Å². The number of hydrogen-bond donors (Lipinski definition) is 2. The fourth-order valence-electron chi connectivity index (χ4n) is 1.97. The molecule has 0 fully saturated rings. The lowest BCUT2D eigenvalue weighted by molar-refractivity contribution is -0.116. The normalized spacial score (nSPS) is 10.0. The second kappa shape index (κ2) is 8.18. The van der Waals surface area contributed by atoms with Crippen molar-refractivity contribution in [2.75, 3.05) is 11.9 Å². The van der Waals surface area contributed by atoms with E-state index in [1.54, 1.807) is 24.3 Å². The molecule has 0 aliphatic carbocycles. The summed E-state index contributed by atoms with van der Waals surface area (Å²) in [6, 6.07) is 16.6. The molecular formula is C17H16ClN3O. The van der Waals surface area contributed by atoms with Gasteiger partial charge in [-0.1, -0.05) is 41.9 Å². The zero-order chi connectivity index (χ0) is 15.8. The third-order valence-corrected chi connectivity index (χ3v) is 3.49. The van der Waals surface area contributed by atoms with Crippen molar-refractivity contribution >= 4 is 23.2 Å². The van der Waals surface area contributed by atoms with Gasteiger partial charge in [-0.2, -0.15) is 5.26 Å². The van der Waals surface area contributed by atoms with Gasteiger partial charge in [0.2, 0.25) is 5.91 Å². The van der Waals surface area contributed by atoms with Crippen LogP contribution in [0.25, 0.3) is 0 Å². The number of benzene rings is 2. The van der Waals surface area contributed by atoms with Crippen LogP contribution >= 0.6 is 11.6 Å². The molecule has 2 N–H and O–H groups in total. The number of nitriles is 1. The van der Waals surface area contributed by atoms with Crippen LogP contribution in [0.15, 0.2) is 48.5 Å². The first-order chi connectivity index (χ1) is 10.7. The molecule has 0 aromatic heterocycles. The predicted molar refractivity (Wildman–Crippen MR) is 87.6 cm³/mol. The van der Waals surface area contributed by atoms with Crippen LogP contribution in [-0.2, 0) is 11.3 Å². The number of carbonyl (C=O) groups is 1. The maximum atomic E-state index is 11.9. The summed E-state index contributed by atoms with van der Waals surface area (Å²) in [5, 5.41) is 15.6. The zero-order valence-corrected chi connectivity index (χ0v) is 12.7. The van der Waals surface area contributed by atoms with Crippen LogP contribution in [0.2, 0.25) is 5.02 Å². The van der Waals surface area contributed by atoms with Crippen molar-refractivity contribution in [1.29, 1.82) is 5.26 Å². The molecule has 0 saturated carbocycles. The van der Waals surface area contributed by atoms with Crippen molar-refractivity contribution in [3.8, 4) is 6.07 Å². The SMILES string of the molecule is N#Cc1ccccc1NC(=O)CCNCc1ccccc1Cl. The van der Waals surface area contributed by atoms with E-state index >= 15 is 0 Å². The molecule has 2 aromatic rings. The van der Waals surface area contributed by atoms with Crippen molar-refractivity contribution in [1.82, 2.24) is 5.32 Å². The molecule has 0 saturated heterocycles. The molecule has 5 heteroatoms. The van der Waals surface area contributed by atoms with Crippen LogP contribution in [0.1, 0.15) is 17.5 Å². The molecule has 0 unspecified atom stereocenters. The minimum absolute atomic E-state index is 0.130. The Bertz CT molecular complexity index is 694. The number of halogens is 1. The van der Waals surface area contributed by atoms with Gasteiger partial charge < -0.3 is 10.6 Å². The Morgan fingerprint density at radius 2 is 1.86 bits per heavy atom. The first kappa shape index (κ1) is 16.0. The van der Waals surface area contributed by atoms with Gasteiger partial charge in [0.05, 0.1) is 11.3 Å². The summed E-state index contributed by atoms with van der Waals surface area (Å²) < 4.78 is 0. The van der Waals surface area contributed by atoms with Crippen LogP contribution in [0, 0.1) is 11.3 Å². The molecule has 0 heterocycles. The summed E-state index contributed by atoms with van der Waals surface area (Å²) in [7, 11) is 0. The van der Waals surface area contributed by atoms with E-state index in [0.717, 1.165) is 5.56 Å². The molecule has 1 amide bonds. The third kappa shape index (κ3) is 4.59. The zero-order valence-electron chi connectivity index (χ0n) is 12.0. The van der Waals surface area contributed by atoms with Crippen molar-refractivity contribution < 1.29 is 4.79 Å². The van der Waals surface area contributed by atoms with Crippen molar-refractivity contribution in [3.05, 3.63) is 64.7 Å². The quantitative estimate of drug-likeness (QED) is 0.804. The molecule has 0 bridgehead atoms. The van der Waals surface area contributed by atoms with E-state index in [1.165, 1.54) is 0 Å². The number of rotatable bonds is 6. The summed E-state index contributed by atoms with van der Waals surface area (Å²) in [5.41, 5.74) is 2.00. The summed E-state index contributed by atoms with van der Waals surface area (Å²) in [4.78, 5) is 11.9. The Hall–Kier alpha value is -2.35. The maximum absolute atomic E-state index is 11.9.